The molecule has 0 radical (unpaired) electrons. The molecule has 33 heavy (non-hydrogen) atoms. The summed E-state index contributed by atoms with van der Waals surface area (Å²) in [5, 5.41) is 9.86. The van der Waals surface area contributed by atoms with Crippen LogP contribution in [-0.2, 0) is 23.2 Å². The monoisotopic (exact) mass is 468 g/mol. The molecule has 2 aromatic rings. The molecule has 1 N–H and O–H groups in total. The molecule has 2 atom stereocenters. The van der Waals surface area contributed by atoms with E-state index < -0.39 is 30.1 Å². The Bertz CT molecular complexity index is 1040. The minimum Gasteiger partial charge on any atom is -0.495 e. The molecule has 1 saturated heterocycles. The maximum atomic E-state index is 13.2. The van der Waals surface area contributed by atoms with Crippen LogP contribution in [0.4, 0.5) is 23.2 Å². The zero-order valence-corrected chi connectivity index (χ0v) is 18.0. The number of anilines is 1. The first-order valence-corrected chi connectivity index (χ1v) is 10.6. The molecule has 1 aliphatic carbocycles. The second kappa shape index (κ2) is 8.90. The van der Waals surface area contributed by atoms with E-state index >= 15 is 0 Å². The number of morpholine rings is 1. The van der Waals surface area contributed by atoms with Crippen LogP contribution in [-0.4, -0.2) is 62.1 Å². The summed E-state index contributed by atoms with van der Waals surface area (Å²) in [4.78, 5) is 19.0. The number of carbonyl (C=O) groups excluding carboxylic acids is 1. The van der Waals surface area contributed by atoms with Crippen molar-refractivity contribution < 1.29 is 36.9 Å². The van der Waals surface area contributed by atoms with Gasteiger partial charge < -0.3 is 19.5 Å². The number of alkyl halides is 4. The highest BCUT2D eigenvalue weighted by Crippen LogP contribution is 2.40. The SMILES string of the molecule is COc1cc2c(cc1N1CCOCC1)CC(Cc1cccc(C(O)(CF)C(F)(F)F)n1)C2=O. The van der Waals surface area contributed by atoms with E-state index in [-0.39, 0.29) is 17.9 Å². The summed E-state index contributed by atoms with van der Waals surface area (Å²) < 4.78 is 63.7. The van der Waals surface area contributed by atoms with Gasteiger partial charge in [-0.25, -0.2) is 4.39 Å². The molecule has 1 aromatic heterocycles. The number of carbonyl (C=O) groups is 1. The lowest BCUT2D eigenvalue weighted by Gasteiger charge is -2.30. The van der Waals surface area contributed by atoms with Gasteiger partial charge in [-0.1, -0.05) is 6.07 Å². The summed E-state index contributed by atoms with van der Waals surface area (Å²) in [6.07, 6.45) is -4.76. The van der Waals surface area contributed by atoms with Crippen LogP contribution in [0.3, 0.4) is 0 Å². The number of aliphatic hydroxyl groups is 1. The predicted octanol–water partition coefficient (Wildman–Crippen LogP) is 3.24. The van der Waals surface area contributed by atoms with Crippen molar-refractivity contribution in [3.05, 3.63) is 52.8 Å². The van der Waals surface area contributed by atoms with Gasteiger partial charge in [0.05, 0.1) is 31.7 Å². The van der Waals surface area contributed by atoms with E-state index in [0.29, 0.717) is 44.0 Å². The summed E-state index contributed by atoms with van der Waals surface area (Å²) in [5.74, 6) is -0.111. The van der Waals surface area contributed by atoms with Crippen molar-refractivity contribution in [1.82, 2.24) is 4.98 Å². The molecule has 6 nitrogen and oxygen atoms in total. The molecule has 2 aliphatic rings. The molecule has 1 aromatic carbocycles. The molecule has 0 spiro atoms. The van der Waals surface area contributed by atoms with E-state index in [1.54, 1.807) is 6.07 Å². The quantitative estimate of drug-likeness (QED) is 0.657. The van der Waals surface area contributed by atoms with E-state index in [0.717, 1.165) is 17.3 Å². The molecule has 1 fully saturated rings. The zero-order valence-electron chi connectivity index (χ0n) is 18.0. The Morgan fingerprint density at radius 2 is 1.97 bits per heavy atom. The third kappa shape index (κ3) is 4.29. The number of methoxy groups -OCH3 is 1. The minimum absolute atomic E-state index is 0.0662. The first kappa shape index (κ1) is 23.4. The van der Waals surface area contributed by atoms with Crippen LogP contribution in [0.15, 0.2) is 30.3 Å². The molecule has 4 rings (SSSR count). The number of hydrogen-bond donors (Lipinski definition) is 1. The van der Waals surface area contributed by atoms with Crippen LogP contribution in [0.5, 0.6) is 5.75 Å². The van der Waals surface area contributed by atoms with Crippen molar-refractivity contribution in [2.45, 2.75) is 24.6 Å². The van der Waals surface area contributed by atoms with Crippen LogP contribution in [0.1, 0.15) is 27.3 Å². The summed E-state index contributed by atoms with van der Waals surface area (Å²) in [7, 11) is 1.53. The van der Waals surface area contributed by atoms with Gasteiger partial charge in [-0.05, 0) is 36.2 Å². The lowest BCUT2D eigenvalue weighted by atomic mass is 9.96. The molecular formula is C23H24F4N2O4. The van der Waals surface area contributed by atoms with E-state index in [1.165, 1.54) is 19.2 Å². The highest BCUT2D eigenvalue weighted by Gasteiger charge is 2.56. The maximum Gasteiger partial charge on any atom is 0.425 e. The molecular weight excluding hydrogens is 444 g/mol. The number of rotatable bonds is 6. The Hall–Kier alpha value is -2.72. The first-order valence-electron chi connectivity index (χ1n) is 10.6. The first-order chi connectivity index (χ1) is 15.7. The Labute approximate surface area is 188 Å². The smallest absolute Gasteiger partial charge is 0.425 e. The van der Waals surface area contributed by atoms with Crippen molar-refractivity contribution in [3.63, 3.8) is 0 Å². The fourth-order valence-electron chi connectivity index (χ4n) is 4.33. The van der Waals surface area contributed by atoms with Crippen LogP contribution in [0, 0.1) is 5.92 Å². The van der Waals surface area contributed by atoms with Crippen LogP contribution in [0.2, 0.25) is 0 Å². The third-order valence-corrected chi connectivity index (χ3v) is 6.21. The van der Waals surface area contributed by atoms with Crippen molar-refractivity contribution >= 4 is 11.5 Å². The largest absolute Gasteiger partial charge is 0.495 e. The van der Waals surface area contributed by atoms with E-state index in [2.05, 4.69) is 9.88 Å². The number of ether oxygens (including phenoxy) is 2. The maximum absolute atomic E-state index is 13.2. The Morgan fingerprint density at radius 3 is 2.61 bits per heavy atom. The number of hydrogen-bond acceptors (Lipinski definition) is 6. The summed E-state index contributed by atoms with van der Waals surface area (Å²) in [5.41, 5.74) is -2.12. The fourth-order valence-corrected chi connectivity index (χ4v) is 4.33. The number of aromatic nitrogens is 1. The number of nitrogens with zero attached hydrogens (tertiary/aromatic N) is 2. The standard InChI is InChI=1S/C23H24F4N2O4/c1-32-19-12-17-14(11-18(19)29-5-7-33-8-6-29)9-15(21(17)30)10-16-3-2-4-20(28-16)22(31,13-24)23(25,26)27/h2-4,11-12,15,31H,5-10,13H2,1H3. The molecule has 10 heteroatoms. The lowest BCUT2D eigenvalue weighted by Crippen LogP contribution is -2.45. The normalized spacial score (nSPS) is 20.5. The molecule has 2 heterocycles. The Kier molecular flexibility index (Phi) is 6.32. The van der Waals surface area contributed by atoms with Crippen molar-refractivity contribution in [2.24, 2.45) is 5.92 Å². The van der Waals surface area contributed by atoms with Crippen molar-refractivity contribution in [1.29, 1.82) is 0 Å². The average Bonchev–Trinajstić information content (AvgIpc) is 3.11. The van der Waals surface area contributed by atoms with Gasteiger partial charge in [-0.3, -0.25) is 9.78 Å². The van der Waals surface area contributed by atoms with E-state index in [4.69, 9.17) is 9.47 Å². The average molecular weight is 468 g/mol. The van der Waals surface area contributed by atoms with E-state index in [1.807, 2.05) is 6.07 Å². The molecule has 2 unspecified atom stereocenters. The minimum atomic E-state index is -5.22. The second-order valence-corrected chi connectivity index (χ2v) is 8.26. The number of halogens is 4. The van der Waals surface area contributed by atoms with Gasteiger partial charge in [0, 0.05) is 36.7 Å². The third-order valence-electron chi connectivity index (χ3n) is 6.21. The topological polar surface area (TPSA) is 71.9 Å². The molecule has 0 bridgehead atoms. The summed E-state index contributed by atoms with van der Waals surface area (Å²) in [6.45, 7) is 0.518. The Balaban J connectivity index is 1.58. The van der Waals surface area contributed by atoms with Gasteiger partial charge in [-0.15, -0.1) is 0 Å². The Morgan fingerprint density at radius 1 is 1.24 bits per heavy atom. The number of pyridine rings is 1. The van der Waals surface area contributed by atoms with Gasteiger partial charge in [0.15, 0.2) is 5.78 Å². The molecule has 1 aliphatic heterocycles. The number of ketones is 1. The van der Waals surface area contributed by atoms with Gasteiger partial charge >= 0.3 is 6.18 Å². The summed E-state index contributed by atoms with van der Waals surface area (Å²) in [6, 6.07) is 7.30. The highest BCUT2D eigenvalue weighted by molar-refractivity contribution is 6.03. The molecule has 0 saturated carbocycles. The van der Waals surface area contributed by atoms with Crippen LogP contribution in [0.25, 0.3) is 0 Å². The number of Topliss-reactive ketones (excluding diaryl/α,β-unsaturated/α-hetero) is 1. The van der Waals surface area contributed by atoms with Gasteiger partial charge in [-0.2, -0.15) is 13.2 Å². The predicted molar refractivity (Wildman–Crippen MR) is 111 cm³/mol. The van der Waals surface area contributed by atoms with Crippen LogP contribution < -0.4 is 9.64 Å². The van der Waals surface area contributed by atoms with Gasteiger partial charge in [0.25, 0.3) is 0 Å². The number of fused-ring (bicyclic) bond motifs is 1. The fraction of sp³-hybridized carbons (Fsp3) is 0.478. The lowest BCUT2D eigenvalue weighted by molar-refractivity contribution is -0.272. The van der Waals surface area contributed by atoms with E-state index in [9.17, 15) is 27.5 Å². The molecule has 0 amide bonds. The molecule has 178 valence electrons. The highest BCUT2D eigenvalue weighted by atomic mass is 19.4. The van der Waals surface area contributed by atoms with Gasteiger partial charge in [0.1, 0.15) is 12.4 Å². The zero-order chi connectivity index (χ0) is 23.8. The van der Waals surface area contributed by atoms with Crippen LogP contribution >= 0.6 is 0 Å². The number of benzene rings is 1. The van der Waals surface area contributed by atoms with Crippen molar-refractivity contribution in [2.75, 3.05) is 45.0 Å². The second-order valence-electron chi connectivity index (χ2n) is 8.26. The summed E-state index contributed by atoms with van der Waals surface area (Å²) >= 11 is 0. The van der Waals surface area contributed by atoms with Gasteiger partial charge in [0.2, 0.25) is 5.60 Å². The van der Waals surface area contributed by atoms with Crippen molar-refractivity contribution in [3.8, 4) is 5.75 Å².